The molecule has 0 atom stereocenters. The summed E-state index contributed by atoms with van der Waals surface area (Å²) in [7, 11) is 0. The van der Waals surface area contributed by atoms with E-state index in [0.29, 0.717) is 0 Å². The van der Waals surface area contributed by atoms with E-state index in [9.17, 15) is 0 Å². The van der Waals surface area contributed by atoms with E-state index in [1.54, 1.807) is 0 Å². The Kier molecular flexibility index (Phi) is 13.6. The monoisotopic (exact) mass is 746 g/mol. The summed E-state index contributed by atoms with van der Waals surface area (Å²) in [6, 6.07) is 48.1. The predicted molar refractivity (Wildman–Crippen MR) is 200 cm³/mol. The Morgan fingerprint density at radius 1 is 0.521 bits per heavy atom. The number of rotatable bonds is 2. The van der Waals surface area contributed by atoms with Crippen molar-refractivity contribution in [2.45, 2.75) is 66.2 Å². The van der Waals surface area contributed by atoms with E-state index in [0.717, 1.165) is 0 Å². The van der Waals surface area contributed by atoms with Gasteiger partial charge in [-0.05, 0) is 17.8 Å². The van der Waals surface area contributed by atoms with E-state index in [2.05, 4.69) is 189 Å². The Morgan fingerprint density at radius 2 is 0.979 bits per heavy atom. The van der Waals surface area contributed by atoms with Crippen molar-refractivity contribution in [3.63, 3.8) is 0 Å². The van der Waals surface area contributed by atoms with Crippen LogP contribution in [0.4, 0.5) is 0 Å². The minimum atomic E-state index is 0. The van der Waals surface area contributed by atoms with Gasteiger partial charge in [0.1, 0.15) is 0 Å². The van der Waals surface area contributed by atoms with E-state index in [4.69, 9.17) is 0 Å². The third-order valence-corrected chi connectivity index (χ3v) is 10.2. The van der Waals surface area contributed by atoms with E-state index >= 15 is 0 Å². The molecule has 0 spiro atoms. The van der Waals surface area contributed by atoms with Crippen LogP contribution in [0, 0.1) is 13.8 Å². The van der Waals surface area contributed by atoms with E-state index in [1.165, 1.54) is 93.1 Å². The molecule has 0 nitrogen and oxygen atoms in total. The number of aryl methyl sites for hydroxylation is 2. The molecule has 48 heavy (non-hydrogen) atoms. The van der Waals surface area contributed by atoms with Crippen LogP contribution in [0.25, 0.3) is 32.3 Å². The molecule has 0 saturated carbocycles. The number of benzene rings is 5. The third kappa shape index (κ3) is 9.32. The average molecular weight is 749 g/mol. The van der Waals surface area contributed by atoms with Gasteiger partial charge in [-0.1, -0.05) is 95.5 Å². The van der Waals surface area contributed by atoms with Gasteiger partial charge in [0.15, 0.2) is 0 Å². The second-order valence-electron chi connectivity index (χ2n) is 14.4. The maximum atomic E-state index is 2.35. The molecule has 0 bridgehead atoms. The third-order valence-electron chi connectivity index (χ3n) is 8.77. The first-order valence-corrected chi connectivity index (χ1v) is 17.5. The van der Waals surface area contributed by atoms with Crippen LogP contribution in [-0.4, -0.2) is 3.21 Å². The van der Waals surface area contributed by atoms with Gasteiger partial charge in [-0.25, -0.2) is 0 Å². The second kappa shape index (κ2) is 16.5. The summed E-state index contributed by atoms with van der Waals surface area (Å²) in [5.74, 6) is 0. The average Bonchev–Trinajstić information content (AvgIpc) is 3.61. The van der Waals surface area contributed by atoms with Crippen molar-refractivity contribution in [1.29, 1.82) is 0 Å². The summed E-state index contributed by atoms with van der Waals surface area (Å²) >= 11 is 1.46. The van der Waals surface area contributed by atoms with Gasteiger partial charge < -0.3 is 24.8 Å². The molecule has 0 aliphatic carbocycles. The Hall–Kier alpha value is -3.09. The molecule has 0 N–H and O–H groups in total. The van der Waals surface area contributed by atoms with Crippen molar-refractivity contribution in [1.82, 2.24) is 0 Å². The van der Waals surface area contributed by atoms with Crippen LogP contribution in [0.2, 0.25) is 0 Å². The van der Waals surface area contributed by atoms with Crippen LogP contribution in [0.1, 0.15) is 74.9 Å². The van der Waals surface area contributed by atoms with Crippen LogP contribution >= 0.6 is 0 Å². The zero-order chi connectivity index (χ0) is 33.1. The van der Waals surface area contributed by atoms with Gasteiger partial charge in [-0.2, -0.15) is 11.6 Å². The molecule has 0 saturated heterocycles. The standard InChI is InChI=1S/C21H25.C13H10.C11H11.2ClH.Zr/c1-20(2,3)16-7-9-18-14(12-16)11-15-13-17(21(4,5)6)8-10-19(15)18;1-3-7-12(8-4-1)11-13-9-5-2-6-10-13;1-8-4-3-5-10-7-6-9(2)11(8)10;;;/h7-13H,1-6H3;1-10H;3-7H,1-2H3;2*1H;/q-1;;-1;;;+2/p-2. The molecule has 0 radical (unpaired) electrons. The number of fused-ring (bicyclic) bond motifs is 4. The van der Waals surface area contributed by atoms with Crippen LogP contribution in [0.15, 0.2) is 133 Å². The van der Waals surface area contributed by atoms with E-state index < -0.39 is 0 Å². The topological polar surface area (TPSA) is 0 Å². The van der Waals surface area contributed by atoms with Gasteiger partial charge in [-0.3, -0.25) is 0 Å². The molecule has 7 aromatic rings. The summed E-state index contributed by atoms with van der Waals surface area (Å²) in [6.07, 6.45) is 0. The molecule has 0 aliphatic heterocycles. The van der Waals surface area contributed by atoms with Crippen LogP contribution in [-0.2, 0) is 35.1 Å². The molecule has 7 rings (SSSR count). The molecule has 0 amide bonds. The minimum absolute atomic E-state index is 0. The molecular weight excluding hydrogens is 703 g/mol. The Bertz CT molecular complexity index is 1970. The van der Waals surface area contributed by atoms with Crippen molar-refractivity contribution in [3.8, 4) is 0 Å². The number of hydrogen-bond donors (Lipinski definition) is 0. The molecule has 0 heterocycles. The second-order valence-corrected chi connectivity index (χ2v) is 15.6. The van der Waals surface area contributed by atoms with Crippen molar-refractivity contribution in [2.24, 2.45) is 0 Å². The molecule has 0 aliphatic rings. The molecule has 7 aromatic carbocycles. The first-order chi connectivity index (χ1) is 21.8. The zero-order valence-corrected chi connectivity index (χ0v) is 33.4. The maximum absolute atomic E-state index is 2.35. The molecule has 0 fully saturated rings. The first kappa shape index (κ1) is 39.4. The van der Waals surface area contributed by atoms with E-state index in [-0.39, 0.29) is 35.6 Å². The van der Waals surface area contributed by atoms with Gasteiger partial charge in [-0.15, -0.1) is 68.7 Å². The Balaban J connectivity index is 0.000000202. The summed E-state index contributed by atoms with van der Waals surface area (Å²) < 4.78 is 1.42. The summed E-state index contributed by atoms with van der Waals surface area (Å²) in [6.45, 7) is 18.0. The fraction of sp³-hybridized carbons (Fsp3) is 0.222. The molecule has 0 unspecified atom stereocenters. The normalized spacial score (nSPS) is 11.1. The fourth-order valence-corrected chi connectivity index (χ4v) is 6.82. The van der Waals surface area contributed by atoms with Gasteiger partial charge in [0.05, 0.1) is 0 Å². The Labute approximate surface area is 315 Å². The van der Waals surface area contributed by atoms with Crippen molar-refractivity contribution in [3.05, 3.63) is 167 Å². The number of halogens is 2. The van der Waals surface area contributed by atoms with Crippen LogP contribution in [0.3, 0.4) is 0 Å². The molecule has 0 aromatic heterocycles. The fourth-order valence-electron chi connectivity index (χ4n) is 6.00. The SMILES string of the molecule is CC(C)(C)c1ccc2c(c1)[cH-]c1cc(C(C)(C)C)ccc12.Cc1cccc2[cH-]cc(C)c12.[Cl-].[Cl-].[Zr+2]=[C](c1ccccc1)c1ccccc1. The van der Waals surface area contributed by atoms with Gasteiger partial charge in [0, 0.05) is 0 Å². The number of hydrogen-bond acceptors (Lipinski definition) is 0. The summed E-state index contributed by atoms with van der Waals surface area (Å²) in [4.78, 5) is 0. The van der Waals surface area contributed by atoms with Gasteiger partial charge >= 0.3 is 99.2 Å². The van der Waals surface area contributed by atoms with Crippen molar-refractivity contribution in [2.75, 3.05) is 0 Å². The summed E-state index contributed by atoms with van der Waals surface area (Å²) in [5.41, 5.74) is 8.64. The van der Waals surface area contributed by atoms with E-state index in [1.807, 2.05) is 0 Å². The quantitative estimate of drug-likeness (QED) is 0.183. The van der Waals surface area contributed by atoms with Crippen LogP contribution < -0.4 is 24.8 Å². The van der Waals surface area contributed by atoms with Gasteiger partial charge in [0.2, 0.25) is 0 Å². The van der Waals surface area contributed by atoms with Gasteiger partial charge in [0.25, 0.3) is 0 Å². The van der Waals surface area contributed by atoms with Crippen LogP contribution in [0.5, 0.6) is 0 Å². The molecular formula is C45H46Cl2Zr-2. The zero-order valence-electron chi connectivity index (χ0n) is 29.5. The van der Waals surface area contributed by atoms with Crippen molar-refractivity contribution < 1.29 is 49.0 Å². The first-order valence-electron chi connectivity index (χ1n) is 16.3. The predicted octanol–water partition coefficient (Wildman–Crippen LogP) is 6.29. The summed E-state index contributed by atoms with van der Waals surface area (Å²) in [5, 5.41) is 8.26. The van der Waals surface area contributed by atoms with Crippen molar-refractivity contribution >= 4 is 35.5 Å². The molecule has 246 valence electrons. The Morgan fingerprint density at radius 3 is 1.40 bits per heavy atom. The molecule has 3 heteroatoms.